The van der Waals surface area contributed by atoms with Crippen molar-refractivity contribution in [3.8, 4) is 5.75 Å². The highest BCUT2D eigenvalue weighted by Crippen LogP contribution is 2.39. The lowest BCUT2D eigenvalue weighted by atomic mass is 9.89. The molecule has 2 heterocycles. The second kappa shape index (κ2) is 8.20. The molecule has 1 aliphatic rings. The van der Waals surface area contributed by atoms with Crippen molar-refractivity contribution in [3.05, 3.63) is 94.5 Å². The summed E-state index contributed by atoms with van der Waals surface area (Å²) in [6.07, 6.45) is 0. The molecule has 1 unspecified atom stereocenters. The van der Waals surface area contributed by atoms with Crippen molar-refractivity contribution < 1.29 is 34.3 Å². The first-order valence-corrected chi connectivity index (χ1v) is 10.6. The van der Waals surface area contributed by atoms with Gasteiger partial charge in [0.25, 0.3) is 11.7 Å². The summed E-state index contributed by atoms with van der Waals surface area (Å²) < 4.78 is 13.7. The fourth-order valence-corrected chi connectivity index (χ4v) is 4.11. The summed E-state index contributed by atoms with van der Waals surface area (Å²) in [6.45, 7) is 7.05. The minimum Gasteiger partial charge on any atom is -0.508 e. The van der Waals surface area contributed by atoms with Gasteiger partial charge in [-0.25, -0.2) is 9.36 Å². The van der Waals surface area contributed by atoms with Crippen molar-refractivity contribution in [3.63, 3.8) is 0 Å². The molecule has 1 atom stereocenters. The molecule has 8 nitrogen and oxygen atoms in total. The number of hydrogen-bond acceptors (Lipinski definition) is 6. The zero-order valence-corrected chi connectivity index (χ0v) is 18.9. The monoisotopic (exact) mass is 451 g/mol. The molecule has 0 bridgehead atoms. The highest BCUT2D eigenvalue weighted by Gasteiger charge is 2.46. The number of aromatic nitrogens is 2. The van der Waals surface area contributed by atoms with Gasteiger partial charge in [0.1, 0.15) is 29.5 Å². The SMILES string of the molecule is Cc1c(C)[n+](Cc2ccccc2)c(C(C2=C(O)OC(C)(C)OC2=O)c2cccc(O)c2)n1O. The summed E-state index contributed by atoms with van der Waals surface area (Å²) in [5.74, 6) is -3.43. The topological polar surface area (TPSA) is 105 Å². The van der Waals surface area contributed by atoms with Crippen LogP contribution in [0.1, 0.15) is 48.1 Å². The summed E-state index contributed by atoms with van der Waals surface area (Å²) >= 11 is 0. The Morgan fingerprint density at radius 1 is 1.03 bits per heavy atom. The lowest BCUT2D eigenvalue weighted by Gasteiger charge is -2.32. The zero-order chi connectivity index (χ0) is 23.9. The third-order valence-electron chi connectivity index (χ3n) is 5.80. The average Bonchev–Trinajstić information content (AvgIpc) is 2.94. The van der Waals surface area contributed by atoms with Gasteiger partial charge in [-0.05, 0) is 28.0 Å². The molecule has 4 rings (SSSR count). The van der Waals surface area contributed by atoms with Crippen LogP contribution in [0.5, 0.6) is 5.75 Å². The Hall–Kier alpha value is -3.94. The van der Waals surface area contributed by atoms with E-state index in [1.165, 1.54) is 26.0 Å². The molecule has 33 heavy (non-hydrogen) atoms. The van der Waals surface area contributed by atoms with Crippen LogP contribution in [0.4, 0.5) is 0 Å². The second-order valence-corrected chi connectivity index (χ2v) is 8.55. The Labute approximate surface area is 191 Å². The van der Waals surface area contributed by atoms with E-state index >= 15 is 0 Å². The lowest BCUT2D eigenvalue weighted by molar-refractivity contribution is -0.702. The highest BCUT2D eigenvalue weighted by molar-refractivity contribution is 5.92. The minimum absolute atomic E-state index is 0.0258. The fourth-order valence-electron chi connectivity index (χ4n) is 4.11. The Morgan fingerprint density at radius 3 is 2.36 bits per heavy atom. The molecule has 3 aromatic rings. The number of carbonyl (C=O) groups excluding carboxylic acids is 1. The van der Waals surface area contributed by atoms with Crippen molar-refractivity contribution >= 4 is 5.97 Å². The Kier molecular flexibility index (Phi) is 5.53. The first kappa shape index (κ1) is 22.3. The Bertz CT molecular complexity index is 1240. The number of benzene rings is 2. The van der Waals surface area contributed by atoms with Gasteiger partial charge in [-0.1, -0.05) is 42.5 Å². The predicted octanol–water partition coefficient (Wildman–Crippen LogP) is 3.59. The number of ether oxygens (including phenoxy) is 2. The van der Waals surface area contributed by atoms with Crippen LogP contribution in [-0.2, 0) is 20.8 Å². The van der Waals surface area contributed by atoms with Crippen molar-refractivity contribution in [1.82, 2.24) is 4.73 Å². The van der Waals surface area contributed by atoms with Crippen molar-refractivity contribution in [2.75, 3.05) is 0 Å². The quantitative estimate of drug-likeness (QED) is 0.311. The molecule has 8 heteroatoms. The van der Waals surface area contributed by atoms with Gasteiger partial charge in [-0.2, -0.15) is 0 Å². The zero-order valence-electron chi connectivity index (χ0n) is 18.9. The van der Waals surface area contributed by atoms with Gasteiger partial charge in [0.05, 0.1) is 0 Å². The fraction of sp³-hybridized carbons (Fsp3) is 0.280. The van der Waals surface area contributed by atoms with Crippen LogP contribution in [-0.4, -0.2) is 31.9 Å². The molecule has 2 aromatic carbocycles. The third-order valence-corrected chi connectivity index (χ3v) is 5.80. The average molecular weight is 451 g/mol. The molecule has 0 spiro atoms. The van der Waals surface area contributed by atoms with Gasteiger partial charge in [0.2, 0.25) is 0 Å². The van der Waals surface area contributed by atoms with Gasteiger partial charge < -0.3 is 24.9 Å². The maximum absolute atomic E-state index is 13.1. The number of imidazole rings is 1. The number of nitrogens with zero attached hydrogens (tertiary/aromatic N) is 2. The number of aromatic hydroxyl groups is 1. The van der Waals surface area contributed by atoms with E-state index in [-0.39, 0.29) is 11.3 Å². The highest BCUT2D eigenvalue weighted by atomic mass is 16.8. The standard InChI is InChI=1S/C25H26N2O6/c1-15-16(2)27(31)22(26(15)14-17-9-6-5-7-10-17)20(18-11-8-12-19(28)13-18)21-23(29)32-25(3,4)33-24(21)30/h5-13,20H,14H2,1-4H3,(H2-,28,29,30,31)/p+1. The molecule has 3 N–H and O–H groups in total. The number of carbonyl (C=O) groups is 1. The van der Waals surface area contributed by atoms with Crippen molar-refractivity contribution in [2.45, 2.75) is 45.9 Å². The van der Waals surface area contributed by atoms with E-state index in [0.29, 0.717) is 23.6 Å². The number of phenolic OH excluding ortho intramolecular Hbond substituents is 1. The number of rotatable bonds is 5. The molecule has 1 aliphatic heterocycles. The van der Waals surface area contributed by atoms with E-state index in [2.05, 4.69) is 0 Å². The number of cyclic esters (lactones) is 1. The van der Waals surface area contributed by atoms with Gasteiger partial charge in [0.15, 0.2) is 5.69 Å². The van der Waals surface area contributed by atoms with Crippen LogP contribution in [0.25, 0.3) is 0 Å². The molecular weight excluding hydrogens is 424 g/mol. The smallest absolute Gasteiger partial charge is 0.345 e. The first-order chi connectivity index (χ1) is 15.6. The summed E-state index contributed by atoms with van der Waals surface area (Å²) in [4.78, 5) is 13.1. The molecule has 0 saturated carbocycles. The molecule has 0 aliphatic carbocycles. The van der Waals surface area contributed by atoms with Crippen LogP contribution in [0.3, 0.4) is 0 Å². The van der Waals surface area contributed by atoms with Gasteiger partial charge in [0, 0.05) is 27.7 Å². The van der Waals surface area contributed by atoms with Gasteiger partial charge in [-0.15, -0.1) is 0 Å². The summed E-state index contributed by atoms with van der Waals surface area (Å²) in [5.41, 5.74) is 2.61. The van der Waals surface area contributed by atoms with Crippen LogP contribution >= 0.6 is 0 Å². The molecule has 0 saturated heterocycles. The van der Waals surface area contributed by atoms with Crippen LogP contribution in [0.2, 0.25) is 0 Å². The lowest BCUT2D eigenvalue weighted by Crippen LogP contribution is -2.45. The maximum Gasteiger partial charge on any atom is 0.345 e. The van der Waals surface area contributed by atoms with Crippen molar-refractivity contribution in [2.24, 2.45) is 0 Å². The predicted molar refractivity (Wildman–Crippen MR) is 118 cm³/mol. The Morgan fingerprint density at radius 2 is 1.73 bits per heavy atom. The Balaban J connectivity index is 1.98. The van der Waals surface area contributed by atoms with Crippen LogP contribution in [0.15, 0.2) is 66.1 Å². The number of aliphatic hydroxyl groups excluding tert-OH is 1. The molecule has 172 valence electrons. The van der Waals surface area contributed by atoms with E-state index in [0.717, 1.165) is 16.0 Å². The van der Waals surface area contributed by atoms with E-state index in [1.807, 2.05) is 41.8 Å². The summed E-state index contributed by atoms with van der Waals surface area (Å²) in [5, 5.41) is 32.1. The molecule has 0 radical (unpaired) electrons. The molecule has 0 amide bonds. The van der Waals surface area contributed by atoms with E-state index in [1.54, 1.807) is 19.1 Å². The van der Waals surface area contributed by atoms with E-state index in [9.17, 15) is 20.2 Å². The molecule has 1 aromatic heterocycles. The maximum atomic E-state index is 13.1. The summed E-state index contributed by atoms with van der Waals surface area (Å²) in [6, 6.07) is 16.0. The first-order valence-electron chi connectivity index (χ1n) is 10.6. The van der Waals surface area contributed by atoms with Gasteiger partial charge >= 0.3 is 11.8 Å². The number of hydrogen-bond donors (Lipinski definition) is 3. The normalized spacial score (nSPS) is 16.3. The number of aliphatic hydroxyl groups is 1. The van der Waals surface area contributed by atoms with Crippen LogP contribution < -0.4 is 4.57 Å². The largest absolute Gasteiger partial charge is 0.508 e. The van der Waals surface area contributed by atoms with Crippen LogP contribution in [0, 0.1) is 13.8 Å². The molecule has 0 fully saturated rings. The number of phenols is 1. The summed E-state index contributed by atoms with van der Waals surface area (Å²) in [7, 11) is 0. The van der Waals surface area contributed by atoms with Crippen molar-refractivity contribution in [1.29, 1.82) is 0 Å². The minimum atomic E-state index is -1.35. The third kappa shape index (κ3) is 4.11. The number of esters is 1. The van der Waals surface area contributed by atoms with E-state index in [4.69, 9.17) is 9.47 Å². The van der Waals surface area contributed by atoms with E-state index < -0.39 is 23.6 Å². The van der Waals surface area contributed by atoms with Gasteiger partial charge in [-0.3, -0.25) is 0 Å². The second-order valence-electron chi connectivity index (χ2n) is 8.55. The molecular formula is C25H27N2O6+.